The molecule has 1 fully saturated rings. The van der Waals surface area contributed by atoms with Crippen molar-refractivity contribution >= 4 is 5.91 Å². The van der Waals surface area contributed by atoms with Crippen molar-refractivity contribution in [3.63, 3.8) is 0 Å². The molecule has 148 valence electrons. The molecule has 1 amide bonds. The quantitative estimate of drug-likeness (QED) is 0.866. The fourth-order valence-corrected chi connectivity index (χ4v) is 3.73. The van der Waals surface area contributed by atoms with Gasteiger partial charge in [-0.2, -0.15) is 13.2 Å². The summed E-state index contributed by atoms with van der Waals surface area (Å²) in [5, 5.41) is 3.33. The lowest BCUT2D eigenvalue weighted by atomic mass is 10.1. The molecule has 9 heteroatoms. The van der Waals surface area contributed by atoms with E-state index in [9.17, 15) is 18.0 Å². The van der Waals surface area contributed by atoms with Gasteiger partial charge in [0.2, 0.25) is 0 Å². The number of hydrogen-bond donors (Lipinski definition) is 1. The molecule has 1 saturated heterocycles. The first-order valence-electron chi connectivity index (χ1n) is 8.93. The Hall–Kier alpha value is -2.52. The van der Waals surface area contributed by atoms with Gasteiger partial charge in [-0.05, 0) is 18.6 Å². The van der Waals surface area contributed by atoms with E-state index < -0.39 is 11.7 Å². The zero-order valence-corrected chi connectivity index (χ0v) is 15.2. The van der Waals surface area contributed by atoms with Crippen LogP contribution in [-0.2, 0) is 17.5 Å². The van der Waals surface area contributed by atoms with E-state index in [0.29, 0.717) is 25.3 Å². The Kier molecular flexibility index (Phi) is 4.80. The number of rotatable bonds is 4. The number of ether oxygens (including phenoxy) is 1. The van der Waals surface area contributed by atoms with Gasteiger partial charge in [0.1, 0.15) is 5.69 Å². The number of methoxy groups -OCH3 is 1. The average molecular weight is 392 g/mol. The zero-order valence-electron chi connectivity index (χ0n) is 15.2. The summed E-state index contributed by atoms with van der Waals surface area (Å²) < 4.78 is 44.0. The van der Waals surface area contributed by atoms with Gasteiger partial charge in [-0.1, -0.05) is 12.1 Å². The molecule has 0 saturated carbocycles. The lowest BCUT2D eigenvalue weighted by Gasteiger charge is -2.22. The number of amides is 1. The van der Waals surface area contributed by atoms with Crippen LogP contribution in [0.1, 0.15) is 28.0 Å². The van der Waals surface area contributed by atoms with Gasteiger partial charge in [-0.25, -0.2) is 9.97 Å². The number of benzene rings is 1. The molecule has 0 aliphatic carbocycles. The molecule has 6 nitrogen and oxygen atoms in total. The highest BCUT2D eigenvalue weighted by Crippen LogP contribution is 2.32. The van der Waals surface area contributed by atoms with Crippen LogP contribution in [0.2, 0.25) is 0 Å². The number of halogens is 3. The smallest absolute Gasteiger partial charge is 0.383 e. The molecule has 0 unspecified atom stereocenters. The molecular weight excluding hydrogens is 373 g/mol. The van der Waals surface area contributed by atoms with Crippen LogP contribution >= 0.6 is 0 Å². The maximum atomic E-state index is 13.0. The van der Waals surface area contributed by atoms with Crippen LogP contribution < -0.4 is 5.32 Å². The van der Waals surface area contributed by atoms with Crippen LogP contribution in [-0.4, -0.2) is 53.1 Å². The summed E-state index contributed by atoms with van der Waals surface area (Å²) in [6.45, 7) is 1.65. The fourth-order valence-electron chi connectivity index (χ4n) is 3.73. The third-order valence-corrected chi connectivity index (χ3v) is 5.12. The largest absolute Gasteiger partial charge is 0.416 e. The van der Waals surface area contributed by atoms with Crippen molar-refractivity contribution in [2.45, 2.75) is 31.2 Å². The van der Waals surface area contributed by atoms with Crippen LogP contribution in [0.3, 0.4) is 0 Å². The van der Waals surface area contributed by atoms with Crippen LogP contribution in [0.25, 0.3) is 11.4 Å². The van der Waals surface area contributed by atoms with E-state index in [-0.39, 0.29) is 35.1 Å². The molecule has 4 rings (SSSR count). The predicted octanol–water partition coefficient (Wildman–Crippen LogP) is 2.50. The van der Waals surface area contributed by atoms with Gasteiger partial charge in [-0.3, -0.25) is 4.79 Å². The van der Waals surface area contributed by atoms with Gasteiger partial charge in [0.15, 0.2) is 5.82 Å². The standard InChI is InChI=1S/C19H19F3N4O2/c1-28-10-14-6-15(8-23-14)26-9-12-7-24-17(25-16(12)18(26)27)11-3-2-4-13(5-11)19(20,21)22/h2-5,7,14-15,23H,6,8-10H2,1H3/t14-,15+/m0/s1. The highest BCUT2D eigenvalue weighted by molar-refractivity contribution is 5.97. The maximum absolute atomic E-state index is 13.0. The molecular formula is C19H19F3N4O2. The van der Waals surface area contributed by atoms with Crippen molar-refractivity contribution in [2.24, 2.45) is 0 Å². The molecule has 1 aromatic carbocycles. The van der Waals surface area contributed by atoms with Gasteiger partial charge < -0.3 is 15.0 Å². The van der Waals surface area contributed by atoms with E-state index in [1.165, 1.54) is 18.3 Å². The Balaban J connectivity index is 1.57. The second-order valence-electron chi connectivity index (χ2n) is 7.03. The summed E-state index contributed by atoms with van der Waals surface area (Å²) in [5.41, 5.74) is 0.406. The Morgan fingerprint density at radius 3 is 2.93 bits per heavy atom. The van der Waals surface area contributed by atoms with Crippen molar-refractivity contribution in [1.29, 1.82) is 0 Å². The number of nitrogens with one attached hydrogen (secondary N) is 1. The number of carbonyl (C=O) groups is 1. The summed E-state index contributed by atoms with van der Waals surface area (Å²) in [7, 11) is 1.64. The maximum Gasteiger partial charge on any atom is 0.416 e. The van der Waals surface area contributed by atoms with Crippen LogP contribution in [0, 0.1) is 0 Å². The third kappa shape index (κ3) is 3.47. The average Bonchev–Trinajstić information content (AvgIpc) is 3.26. The van der Waals surface area contributed by atoms with E-state index in [0.717, 1.165) is 18.6 Å². The third-order valence-electron chi connectivity index (χ3n) is 5.12. The summed E-state index contributed by atoms with van der Waals surface area (Å²) >= 11 is 0. The number of nitrogens with zero attached hydrogens (tertiary/aromatic N) is 3. The lowest BCUT2D eigenvalue weighted by molar-refractivity contribution is -0.137. The Bertz CT molecular complexity index is 903. The minimum absolute atomic E-state index is 0.0267. The van der Waals surface area contributed by atoms with Gasteiger partial charge in [-0.15, -0.1) is 0 Å². The molecule has 3 heterocycles. The second kappa shape index (κ2) is 7.14. The van der Waals surface area contributed by atoms with Crippen molar-refractivity contribution in [2.75, 3.05) is 20.3 Å². The SMILES string of the molecule is COC[C@@H]1C[C@@H](N2Cc3cnc(-c4cccc(C(F)(F)F)c4)nc3C2=O)CN1. The topological polar surface area (TPSA) is 67.3 Å². The first-order chi connectivity index (χ1) is 13.4. The molecule has 0 radical (unpaired) electrons. The minimum atomic E-state index is -4.45. The number of aromatic nitrogens is 2. The van der Waals surface area contributed by atoms with Crippen molar-refractivity contribution in [3.05, 3.63) is 47.3 Å². The molecule has 2 aromatic rings. The van der Waals surface area contributed by atoms with Gasteiger partial charge >= 0.3 is 6.18 Å². The second-order valence-corrected chi connectivity index (χ2v) is 7.03. The van der Waals surface area contributed by atoms with Crippen LogP contribution in [0.5, 0.6) is 0 Å². The first kappa shape index (κ1) is 18.8. The molecule has 28 heavy (non-hydrogen) atoms. The van der Waals surface area contributed by atoms with E-state index in [2.05, 4.69) is 15.3 Å². The number of hydrogen-bond acceptors (Lipinski definition) is 5. The molecule has 2 aliphatic heterocycles. The van der Waals surface area contributed by atoms with E-state index in [4.69, 9.17) is 4.74 Å². The normalized spacial score (nSPS) is 22.0. The lowest BCUT2D eigenvalue weighted by Crippen LogP contribution is -2.37. The molecule has 1 aromatic heterocycles. The van der Waals surface area contributed by atoms with Crippen molar-refractivity contribution in [3.8, 4) is 11.4 Å². The monoisotopic (exact) mass is 392 g/mol. The Labute approximate surface area is 159 Å². The summed E-state index contributed by atoms with van der Waals surface area (Å²) in [4.78, 5) is 23.1. The molecule has 2 aliphatic rings. The number of fused-ring (bicyclic) bond motifs is 1. The van der Waals surface area contributed by atoms with E-state index in [1.807, 2.05) is 0 Å². The summed E-state index contributed by atoms with van der Waals surface area (Å²) in [5.74, 6) is -0.0997. The number of carbonyl (C=O) groups excluding carboxylic acids is 1. The summed E-state index contributed by atoms with van der Waals surface area (Å²) in [6.07, 6.45) is -2.14. The Morgan fingerprint density at radius 2 is 2.18 bits per heavy atom. The van der Waals surface area contributed by atoms with Crippen molar-refractivity contribution in [1.82, 2.24) is 20.2 Å². The molecule has 1 N–H and O–H groups in total. The zero-order chi connectivity index (χ0) is 19.9. The highest BCUT2D eigenvalue weighted by atomic mass is 19.4. The highest BCUT2D eigenvalue weighted by Gasteiger charge is 2.38. The fraction of sp³-hybridized carbons (Fsp3) is 0.421. The van der Waals surface area contributed by atoms with E-state index >= 15 is 0 Å². The van der Waals surface area contributed by atoms with Crippen molar-refractivity contribution < 1.29 is 22.7 Å². The number of alkyl halides is 3. The molecule has 0 bridgehead atoms. The van der Waals surface area contributed by atoms with Crippen LogP contribution in [0.15, 0.2) is 30.5 Å². The van der Waals surface area contributed by atoms with Gasteiger partial charge in [0.25, 0.3) is 5.91 Å². The Morgan fingerprint density at radius 1 is 1.36 bits per heavy atom. The van der Waals surface area contributed by atoms with Gasteiger partial charge in [0.05, 0.1) is 18.7 Å². The first-order valence-corrected chi connectivity index (χ1v) is 8.93. The molecule has 0 spiro atoms. The van der Waals surface area contributed by atoms with Crippen LogP contribution in [0.4, 0.5) is 13.2 Å². The minimum Gasteiger partial charge on any atom is -0.383 e. The van der Waals surface area contributed by atoms with E-state index in [1.54, 1.807) is 12.0 Å². The molecule has 2 atom stereocenters. The predicted molar refractivity (Wildman–Crippen MR) is 94.4 cm³/mol. The van der Waals surface area contributed by atoms with Gasteiger partial charge in [0, 0.05) is 43.1 Å². The summed E-state index contributed by atoms with van der Waals surface area (Å²) in [6, 6.07) is 5.02.